The Morgan fingerprint density at radius 3 is 2.09 bits per heavy atom. The van der Waals surface area contributed by atoms with E-state index in [1.165, 1.54) is 29.7 Å². The summed E-state index contributed by atoms with van der Waals surface area (Å²) in [5.41, 5.74) is 0. The van der Waals surface area contributed by atoms with Gasteiger partial charge in [-0.05, 0) is 0 Å². The first-order chi connectivity index (χ1) is 5.35. The van der Waals surface area contributed by atoms with Crippen LogP contribution in [0.4, 0.5) is 0 Å². The van der Waals surface area contributed by atoms with E-state index in [0.717, 1.165) is 5.88 Å². The molecule has 0 N–H and O–H groups in total. The van der Waals surface area contributed by atoms with Crippen molar-refractivity contribution in [2.24, 2.45) is 0 Å². The first kappa shape index (κ1) is 11.8. The van der Waals surface area contributed by atoms with Gasteiger partial charge in [-0.1, -0.05) is 0 Å². The van der Waals surface area contributed by atoms with Gasteiger partial charge in [-0.15, -0.1) is 0 Å². The number of hydrogen-bond acceptors (Lipinski definition) is 0. The van der Waals surface area contributed by atoms with Crippen LogP contribution in [-0.4, -0.2) is 20.5 Å². The molecule has 0 atom stereocenters. The van der Waals surface area contributed by atoms with Crippen LogP contribution in [0.3, 0.4) is 0 Å². The van der Waals surface area contributed by atoms with Crippen LogP contribution in [0.5, 0.6) is 0 Å². The molecule has 0 amide bonds. The van der Waals surface area contributed by atoms with Crippen LogP contribution in [-0.2, 0) is 0 Å². The van der Waals surface area contributed by atoms with Crippen molar-refractivity contribution in [1.82, 2.24) is 0 Å². The van der Waals surface area contributed by atoms with Crippen molar-refractivity contribution in [3.05, 3.63) is 0 Å². The van der Waals surface area contributed by atoms with Crippen LogP contribution in [0, 0.1) is 0 Å². The van der Waals surface area contributed by atoms with E-state index < -0.39 is 0 Å². The van der Waals surface area contributed by atoms with Gasteiger partial charge in [-0.3, -0.25) is 0 Å². The Balaban J connectivity index is 3.07. The normalized spacial score (nSPS) is 10.9. The minimum absolute atomic E-state index is 0.340. The molecule has 68 valence electrons. The van der Waals surface area contributed by atoms with Gasteiger partial charge in [-0.25, -0.2) is 0 Å². The second-order valence-electron chi connectivity index (χ2n) is 2.78. The van der Waals surface area contributed by atoms with Gasteiger partial charge in [0.05, 0.1) is 0 Å². The molecule has 0 aromatic heterocycles. The Morgan fingerprint density at radius 2 is 1.64 bits per heavy atom. The van der Waals surface area contributed by atoms with E-state index in [9.17, 15) is 0 Å². The first-order valence-electron chi connectivity index (χ1n) is 4.63. The SMILES string of the molecule is CC[As](CC)CCCCCCl. The second kappa shape index (κ2) is 8.94. The summed E-state index contributed by atoms with van der Waals surface area (Å²) in [6.45, 7) is 4.70. The Kier molecular flexibility index (Phi) is 9.63. The fourth-order valence-corrected chi connectivity index (χ4v) is 5.01. The maximum absolute atomic E-state index is 5.60. The molecule has 0 radical (unpaired) electrons. The van der Waals surface area contributed by atoms with Gasteiger partial charge < -0.3 is 0 Å². The molecule has 0 rings (SSSR count). The van der Waals surface area contributed by atoms with E-state index in [1.54, 1.807) is 5.21 Å². The molecular weight excluding hydrogens is 218 g/mol. The fraction of sp³-hybridized carbons (Fsp3) is 1.00. The Bertz CT molecular complexity index is 72.0. The summed E-state index contributed by atoms with van der Waals surface area (Å²) in [5.74, 6) is 0.852. The molecule has 0 aliphatic rings. The van der Waals surface area contributed by atoms with E-state index in [0.29, 0.717) is 0 Å². The fourth-order valence-electron chi connectivity index (χ4n) is 1.15. The number of rotatable bonds is 7. The van der Waals surface area contributed by atoms with Gasteiger partial charge in [0.1, 0.15) is 0 Å². The van der Waals surface area contributed by atoms with Crippen molar-refractivity contribution < 1.29 is 0 Å². The molecule has 0 saturated carbocycles. The molecule has 11 heavy (non-hydrogen) atoms. The molecule has 0 bridgehead atoms. The van der Waals surface area contributed by atoms with Crippen LogP contribution in [0.2, 0.25) is 15.6 Å². The average Bonchev–Trinajstić information content (AvgIpc) is 2.05. The predicted molar refractivity (Wildman–Crippen MR) is 56.1 cm³/mol. The summed E-state index contributed by atoms with van der Waals surface area (Å²) >= 11 is 5.26. The summed E-state index contributed by atoms with van der Waals surface area (Å²) in [6, 6.07) is 0. The van der Waals surface area contributed by atoms with Gasteiger partial charge in [0.25, 0.3) is 0 Å². The Labute approximate surface area is 81.0 Å². The van der Waals surface area contributed by atoms with Crippen LogP contribution >= 0.6 is 11.6 Å². The molecule has 0 unspecified atom stereocenters. The summed E-state index contributed by atoms with van der Waals surface area (Å²) in [7, 11) is 0. The van der Waals surface area contributed by atoms with E-state index in [-0.39, 0.29) is 14.7 Å². The topological polar surface area (TPSA) is 0 Å². The van der Waals surface area contributed by atoms with Crippen molar-refractivity contribution in [3.63, 3.8) is 0 Å². The van der Waals surface area contributed by atoms with Crippen molar-refractivity contribution in [1.29, 1.82) is 0 Å². The third-order valence-electron chi connectivity index (χ3n) is 2.00. The zero-order valence-corrected chi connectivity index (χ0v) is 10.4. The molecule has 0 spiro atoms. The van der Waals surface area contributed by atoms with Gasteiger partial charge in [0.15, 0.2) is 0 Å². The van der Waals surface area contributed by atoms with E-state index >= 15 is 0 Å². The third kappa shape index (κ3) is 7.22. The number of unbranched alkanes of at least 4 members (excludes halogenated alkanes) is 2. The molecule has 0 aromatic rings. The Hall–Kier alpha value is 0.848. The molecule has 0 heterocycles. The molecule has 0 aromatic carbocycles. The molecule has 0 fully saturated rings. The number of halogens is 1. The minimum atomic E-state index is -0.340. The third-order valence-corrected chi connectivity index (χ3v) is 8.01. The number of hydrogen-bond donors (Lipinski definition) is 0. The first-order valence-corrected chi connectivity index (χ1v) is 9.15. The van der Waals surface area contributed by atoms with E-state index in [4.69, 9.17) is 11.6 Å². The molecule has 0 aliphatic heterocycles. The molecule has 2 heteroatoms. The van der Waals surface area contributed by atoms with Gasteiger partial charge in [0.2, 0.25) is 0 Å². The van der Waals surface area contributed by atoms with Gasteiger partial charge in [0, 0.05) is 0 Å². The predicted octanol–water partition coefficient (Wildman–Crippen LogP) is 3.93. The van der Waals surface area contributed by atoms with Crippen LogP contribution in [0.15, 0.2) is 0 Å². The zero-order chi connectivity index (χ0) is 8.53. The molecule has 0 nitrogen and oxygen atoms in total. The average molecular weight is 239 g/mol. The van der Waals surface area contributed by atoms with E-state index in [2.05, 4.69) is 13.8 Å². The summed E-state index contributed by atoms with van der Waals surface area (Å²) < 4.78 is 0. The molecular formula is C9H20AsCl. The van der Waals surface area contributed by atoms with Crippen LogP contribution in [0.1, 0.15) is 33.1 Å². The van der Waals surface area contributed by atoms with Crippen molar-refractivity contribution in [2.45, 2.75) is 48.7 Å². The van der Waals surface area contributed by atoms with Gasteiger partial charge >= 0.3 is 80.9 Å². The maximum atomic E-state index is 5.60. The zero-order valence-electron chi connectivity index (χ0n) is 7.77. The second-order valence-corrected chi connectivity index (χ2v) is 9.56. The van der Waals surface area contributed by atoms with Crippen molar-refractivity contribution >= 4 is 26.3 Å². The molecule has 0 aliphatic carbocycles. The van der Waals surface area contributed by atoms with Crippen LogP contribution in [0.25, 0.3) is 0 Å². The summed E-state index contributed by atoms with van der Waals surface area (Å²) in [6.07, 6.45) is 4.01. The monoisotopic (exact) mass is 238 g/mol. The number of alkyl halides is 1. The standard InChI is InChI=1S/C9H20AsCl/c1-3-10(4-2)8-6-5-7-9-11/h3-9H2,1-2H3. The summed E-state index contributed by atoms with van der Waals surface area (Å²) in [4.78, 5) is 0. The Morgan fingerprint density at radius 1 is 1.00 bits per heavy atom. The van der Waals surface area contributed by atoms with E-state index in [1.807, 2.05) is 0 Å². The quantitative estimate of drug-likeness (QED) is 0.358. The molecule has 0 saturated heterocycles. The van der Waals surface area contributed by atoms with Gasteiger partial charge in [-0.2, -0.15) is 0 Å². The van der Waals surface area contributed by atoms with Crippen molar-refractivity contribution in [3.8, 4) is 0 Å². The summed E-state index contributed by atoms with van der Waals surface area (Å²) in [5, 5.41) is 4.53. The van der Waals surface area contributed by atoms with Crippen molar-refractivity contribution in [2.75, 3.05) is 5.88 Å². The van der Waals surface area contributed by atoms with Crippen LogP contribution < -0.4 is 0 Å².